The van der Waals surface area contributed by atoms with Gasteiger partial charge in [0.1, 0.15) is 6.04 Å². The number of hydrogen-bond acceptors (Lipinski definition) is 6. The second-order valence-corrected chi connectivity index (χ2v) is 9.35. The highest BCUT2D eigenvalue weighted by Crippen LogP contribution is 2.27. The van der Waals surface area contributed by atoms with Crippen molar-refractivity contribution in [3.8, 4) is 0 Å². The molecule has 162 valence electrons. The molecule has 1 fully saturated rings. The van der Waals surface area contributed by atoms with E-state index < -0.39 is 22.0 Å². The van der Waals surface area contributed by atoms with Gasteiger partial charge in [-0.1, -0.05) is 42.5 Å². The Morgan fingerprint density at radius 2 is 1.90 bits per heavy atom. The lowest BCUT2D eigenvalue weighted by atomic mass is 10.1. The van der Waals surface area contributed by atoms with Crippen molar-refractivity contribution >= 4 is 26.8 Å². The number of carbonyl (C=O) groups excluding carboxylic acids is 1. The van der Waals surface area contributed by atoms with Gasteiger partial charge in [-0.2, -0.15) is 4.31 Å². The molecule has 1 saturated heterocycles. The number of carbonyl (C=O) groups is 1. The Morgan fingerprint density at radius 3 is 2.68 bits per heavy atom. The molecule has 1 atom stereocenters. The summed E-state index contributed by atoms with van der Waals surface area (Å²) in [4.78, 5) is 19.0. The number of nitrogens with zero attached hydrogens (tertiary/aromatic N) is 3. The minimum Gasteiger partial charge on any atom is -0.465 e. The van der Waals surface area contributed by atoms with E-state index >= 15 is 0 Å². The van der Waals surface area contributed by atoms with E-state index in [0.717, 1.165) is 10.9 Å². The van der Waals surface area contributed by atoms with Gasteiger partial charge in [-0.05, 0) is 24.6 Å². The van der Waals surface area contributed by atoms with E-state index in [4.69, 9.17) is 4.74 Å². The minimum atomic E-state index is -3.80. The number of fused-ring (bicyclic) bond motifs is 1. The highest BCUT2D eigenvalue weighted by Gasteiger charge is 2.39. The van der Waals surface area contributed by atoms with E-state index in [1.807, 2.05) is 41.3 Å². The van der Waals surface area contributed by atoms with Gasteiger partial charge < -0.3 is 4.74 Å². The molecule has 3 aromatic rings. The molecule has 2 heterocycles. The molecule has 0 saturated carbocycles. The Labute approximate surface area is 182 Å². The van der Waals surface area contributed by atoms with Crippen LogP contribution in [0.25, 0.3) is 10.8 Å². The molecule has 1 aromatic heterocycles. The van der Waals surface area contributed by atoms with Crippen molar-refractivity contribution in [1.29, 1.82) is 0 Å². The van der Waals surface area contributed by atoms with Crippen LogP contribution in [0.4, 0.5) is 0 Å². The number of hydrogen-bond donors (Lipinski definition) is 0. The van der Waals surface area contributed by atoms with Crippen molar-refractivity contribution in [3.63, 3.8) is 0 Å². The van der Waals surface area contributed by atoms with Gasteiger partial charge in [-0.25, -0.2) is 8.42 Å². The first-order valence-electron chi connectivity index (χ1n) is 10.3. The number of sulfonamides is 1. The normalized spacial score (nSPS) is 18.2. The third-order valence-electron chi connectivity index (χ3n) is 5.50. The standard InChI is InChI=1S/C23H25N3O4S/c1-2-30-23(27)21-17-26(14-13-25(21)16-18-7-4-3-5-8-18)31(28,29)22-10-6-9-19-15-24-12-11-20(19)22/h3-12,15,21H,2,13-14,16-17H2,1H3. The van der Waals surface area contributed by atoms with Crippen LogP contribution >= 0.6 is 0 Å². The van der Waals surface area contributed by atoms with Crippen molar-refractivity contribution < 1.29 is 17.9 Å². The van der Waals surface area contributed by atoms with Crippen LogP contribution in [0.15, 0.2) is 71.9 Å². The van der Waals surface area contributed by atoms with Crippen LogP contribution in [0.1, 0.15) is 12.5 Å². The van der Waals surface area contributed by atoms with Crippen LogP contribution in [0.5, 0.6) is 0 Å². The van der Waals surface area contributed by atoms with Gasteiger partial charge in [0.25, 0.3) is 0 Å². The number of ether oxygens (including phenoxy) is 1. The number of benzene rings is 2. The van der Waals surface area contributed by atoms with Crippen molar-refractivity contribution in [2.75, 3.05) is 26.2 Å². The highest BCUT2D eigenvalue weighted by atomic mass is 32.2. The van der Waals surface area contributed by atoms with Gasteiger partial charge in [0.2, 0.25) is 10.0 Å². The SMILES string of the molecule is CCOC(=O)C1CN(S(=O)(=O)c2cccc3cnccc23)CCN1Cc1ccccc1. The Hall–Kier alpha value is -2.81. The average Bonchev–Trinajstić information content (AvgIpc) is 2.79. The molecular weight excluding hydrogens is 414 g/mol. The molecule has 1 aliphatic heterocycles. The fourth-order valence-electron chi connectivity index (χ4n) is 3.94. The maximum atomic E-state index is 13.5. The second-order valence-electron chi connectivity index (χ2n) is 7.44. The zero-order valence-electron chi connectivity index (χ0n) is 17.3. The summed E-state index contributed by atoms with van der Waals surface area (Å²) in [5.74, 6) is -0.402. The summed E-state index contributed by atoms with van der Waals surface area (Å²) in [5.41, 5.74) is 1.06. The zero-order chi connectivity index (χ0) is 21.8. The fraction of sp³-hybridized carbons (Fsp3) is 0.304. The maximum absolute atomic E-state index is 13.5. The Morgan fingerprint density at radius 1 is 1.10 bits per heavy atom. The monoisotopic (exact) mass is 439 g/mol. The molecule has 0 aliphatic carbocycles. The Kier molecular flexibility index (Phi) is 6.31. The first-order chi connectivity index (χ1) is 15.0. The summed E-state index contributed by atoms with van der Waals surface area (Å²) in [6, 6.07) is 16.0. The molecule has 0 spiro atoms. The fourth-order valence-corrected chi connectivity index (χ4v) is 5.59. The maximum Gasteiger partial charge on any atom is 0.324 e. The first-order valence-corrected chi connectivity index (χ1v) is 11.7. The molecule has 1 aliphatic rings. The number of rotatable bonds is 6. The van der Waals surface area contributed by atoms with E-state index in [9.17, 15) is 13.2 Å². The summed E-state index contributed by atoms with van der Waals surface area (Å²) in [6.45, 7) is 3.34. The molecular formula is C23H25N3O4S. The van der Waals surface area contributed by atoms with Crippen LogP contribution in [0.3, 0.4) is 0 Å². The van der Waals surface area contributed by atoms with E-state index in [0.29, 0.717) is 25.0 Å². The number of piperazine rings is 1. The molecule has 0 bridgehead atoms. The van der Waals surface area contributed by atoms with E-state index in [-0.39, 0.29) is 18.0 Å². The zero-order valence-corrected chi connectivity index (χ0v) is 18.2. The van der Waals surface area contributed by atoms with Gasteiger partial charge in [0.15, 0.2) is 0 Å². The smallest absolute Gasteiger partial charge is 0.324 e. The summed E-state index contributed by atoms with van der Waals surface area (Å²) in [7, 11) is -3.80. The quantitative estimate of drug-likeness (QED) is 0.550. The van der Waals surface area contributed by atoms with Crippen molar-refractivity contribution in [2.24, 2.45) is 0 Å². The molecule has 7 nitrogen and oxygen atoms in total. The van der Waals surface area contributed by atoms with Crippen molar-refractivity contribution in [3.05, 3.63) is 72.6 Å². The Bertz CT molecular complexity index is 1160. The summed E-state index contributed by atoms with van der Waals surface area (Å²) in [6.07, 6.45) is 3.23. The predicted molar refractivity (Wildman–Crippen MR) is 118 cm³/mol. The lowest BCUT2D eigenvalue weighted by Crippen LogP contribution is -2.57. The molecule has 31 heavy (non-hydrogen) atoms. The topological polar surface area (TPSA) is 79.8 Å². The largest absolute Gasteiger partial charge is 0.465 e. The summed E-state index contributed by atoms with van der Waals surface area (Å²) < 4.78 is 33.7. The van der Waals surface area contributed by atoms with Gasteiger partial charge >= 0.3 is 5.97 Å². The van der Waals surface area contributed by atoms with Gasteiger partial charge in [-0.3, -0.25) is 14.7 Å². The molecule has 4 rings (SSSR count). The average molecular weight is 440 g/mol. The molecule has 0 radical (unpaired) electrons. The first kappa shape index (κ1) is 21.4. The third kappa shape index (κ3) is 4.46. The summed E-state index contributed by atoms with van der Waals surface area (Å²) in [5, 5.41) is 1.38. The van der Waals surface area contributed by atoms with Crippen LogP contribution < -0.4 is 0 Å². The minimum absolute atomic E-state index is 0.0511. The molecule has 0 amide bonds. The van der Waals surface area contributed by atoms with Crippen molar-refractivity contribution in [2.45, 2.75) is 24.4 Å². The number of aromatic nitrogens is 1. The lowest BCUT2D eigenvalue weighted by Gasteiger charge is -2.39. The Balaban J connectivity index is 1.63. The van der Waals surface area contributed by atoms with Gasteiger partial charge in [-0.15, -0.1) is 0 Å². The number of esters is 1. The second kappa shape index (κ2) is 9.13. The van der Waals surface area contributed by atoms with Gasteiger partial charge in [0, 0.05) is 49.3 Å². The number of pyridine rings is 1. The predicted octanol–water partition coefficient (Wildman–Crippen LogP) is 2.67. The van der Waals surface area contributed by atoms with E-state index in [2.05, 4.69) is 4.98 Å². The molecule has 1 unspecified atom stereocenters. The van der Waals surface area contributed by atoms with E-state index in [1.165, 1.54) is 4.31 Å². The van der Waals surface area contributed by atoms with Crippen molar-refractivity contribution in [1.82, 2.24) is 14.2 Å². The van der Waals surface area contributed by atoms with Crippen LogP contribution in [0, 0.1) is 0 Å². The summed E-state index contributed by atoms with van der Waals surface area (Å²) >= 11 is 0. The lowest BCUT2D eigenvalue weighted by molar-refractivity contribution is -0.151. The van der Waals surface area contributed by atoms with Crippen LogP contribution in [-0.2, 0) is 26.1 Å². The molecule has 2 aromatic carbocycles. The molecule has 0 N–H and O–H groups in total. The third-order valence-corrected chi connectivity index (χ3v) is 7.42. The van der Waals surface area contributed by atoms with Crippen LogP contribution in [0.2, 0.25) is 0 Å². The highest BCUT2D eigenvalue weighted by molar-refractivity contribution is 7.89. The van der Waals surface area contributed by atoms with E-state index in [1.54, 1.807) is 37.5 Å². The van der Waals surface area contributed by atoms with Gasteiger partial charge in [0.05, 0.1) is 11.5 Å². The van der Waals surface area contributed by atoms with Crippen LogP contribution in [-0.4, -0.2) is 60.9 Å². The molecule has 8 heteroatoms.